The van der Waals surface area contributed by atoms with Crippen molar-refractivity contribution in [2.75, 3.05) is 27.3 Å². The number of nitrogens with one attached hydrogen (secondary N) is 1. The normalized spacial score (nSPS) is 17.0. The molecule has 5 nitrogen and oxygen atoms in total. The summed E-state index contributed by atoms with van der Waals surface area (Å²) in [6, 6.07) is 16.8. The molecular formula is C23H27N3O2. The van der Waals surface area contributed by atoms with Gasteiger partial charge in [-0.15, -0.1) is 0 Å². The van der Waals surface area contributed by atoms with Crippen LogP contribution in [-0.2, 0) is 6.54 Å². The summed E-state index contributed by atoms with van der Waals surface area (Å²) in [5, 5.41) is 7.80. The number of hydrogen-bond acceptors (Lipinski definition) is 4. The molecule has 0 bridgehead atoms. The van der Waals surface area contributed by atoms with Gasteiger partial charge in [0.25, 0.3) is 0 Å². The first-order chi connectivity index (χ1) is 13.7. The predicted octanol–water partition coefficient (Wildman–Crippen LogP) is 4.39. The molecular weight excluding hydrogens is 350 g/mol. The summed E-state index contributed by atoms with van der Waals surface area (Å²) >= 11 is 0. The van der Waals surface area contributed by atoms with Gasteiger partial charge in [-0.25, -0.2) is 0 Å². The molecule has 0 saturated carbocycles. The lowest BCUT2D eigenvalue weighted by atomic mass is 10.0. The van der Waals surface area contributed by atoms with Crippen LogP contribution in [0.4, 0.5) is 0 Å². The van der Waals surface area contributed by atoms with Gasteiger partial charge in [-0.2, -0.15) is 5.10 Å². The number of aromatic amines is 1. The standard InChI is InChI=1S/C23H27N3O2/c1-16-7-9-17(10-8-16)20-13-21(25-24-20)18-11-12-26(14-18)15-19-5-4-6-22(27-2)23(19)28-3/h4-10,13,18H,11-12,14-15H2,1-3H3,(H,24,25). The maximum atomic E-state index is 5.58. The Labute approximate surface area is 166 Å². The lowest BCUT2D eigenvalue weighted by molar-refractivity contribution is 0.308. The summed E-state index contributed by atoms with van der Waals surface area (Å²) < 4.78 is 11.0. The Balaban J connectivity index is 1.44. The van der Waals surface area contributed by atoms with Gasteiger partial charge < -0.3 is 9.47 Å². The van der Waals surface area contributed by atoms with E-state index in [4.69, 9.17) is 9.47 Å². The molecule has 4 rings (SSSR count). The summed E-state index contributed by atoms with van der Waals surface area (Å²) in [5.41, 5.74) is 5.81. The van der Waals surface area contributed by atoms with Crippen LogP contribution in [0.25, 0.3) is 11.3 Å². The fraction of sp³-hybridized carbons (Fsp3) is 0.348. The van der Waals surface area contributed by atoms with Crippen LogP contribution >= 0.6 is 0 Å². The Morgan fingerprint density at radius 1 is 1.11 bits per heavy atom. The van der Waals surface area contributed by atoms with Crippen molar-refractivity contribution in [2.45, 2.75) is 25.8 Å². The van der Waals surface area contributed by atoms with Crippen molar-refractivity contribution >= 4 is 0 Å². The number of methoxy groups -OCH3 is 2. The summed E-state index contributed by atoms with van der Waals surface area (Å²) in [6.45, 7) is 5.03. The molecule has 28 heavy (non-hydrogen) atoms. The van der Waals surface area contributed by atoms with Gasteiger partial charge in [-0.3, -0.25) is 10.00 Å². The molecule has 0 aliphatic carbocycles. The van der Waals surface area contributed by atoms with E-state index in [1.54, 1.807) is 14.2 Å². The van der Waals surface area contributed by atoms with Gasteiger partial charge in [0.05, 0.1) is 19.9 Å². The maximum absolute atomic E-state index is 5.58. The third-order valence-electron chi connectivity index (χ3n) is 5.54. The molecule has 1 aromatic heterocycles. The third-order valence-corrected chi connectivity index (χ3v) is 5.54. The number of para-hydroxylation sites is 1. The quantitative estimate of drug-likeness (QED) is 0.692. The summed E-state index contributed by atoms with van der Waals surface area (Å²) in [5.74, 6) is 2.09. The van der Waals surface area contributed by atoms with Crippen LogP contribution in [0.15, 0.2) is 48.5 Å². The van der Waals surface area contributed by atoms with Gasteiger partial charge in [0, 0.05) is 35.8 Å². The number of aromatic nitrogens is 2. The molecule has 2 aromatic carbocycles. The van der Waals surface area contributed by atoms with Crippen molar-refractivity contribution < 1.29 is 9.47 Å². The van der Waals surface area contributed by atoms with Gasteiger partial charge in [0.1, 0.15) is 0 Å². The van der Waals surface area contributed by atoms with Crippen LogP contribution in [0.3, 0.4) is 0 Å². The van der Waals surface area contributed by atoms with Crippen molar-refractivity contribution in [3.05, 3.63) is 65.4 Å². The SMILES string of the molecule is COc1cccc(CN2CCC(c3cc(-c4ccc(C)cc4)n[nH]3)C2)c1OC. The van der Waals surface area contributed by atoms with E-state index in [0.29, 0.717) is 5.92 Å². The summed E-state index contributed by atoms with van der Waals surface area (Å²) in [7, 11) is 3.38. The maximum Gasteiger partial charge on any atom is 0.165 e. The minimum atomic E-state index is 0.475. The van der Waals surface area contributed by atoms with Crippen molar-refractivity contribution in [3.63, 3.8) is 0 Å². The van der Waals surface area contributed by atoms with Crippen molar-refractivity contribution in [2.24, 2.45) is 0 Å². The van der Waals surface area contributed by atoms with E-state index in [0.717, 1.165) is 54.4 Å². The molecule has 1 aliphatic rings. The second-order valence-electron chi connectivity index (χ2n) is 7.45. The van der Waals surface area contributed by atoms with E-state index < -0.39 is 0 Å². The lowest BCUT2D eigenvalue weighted by Gasteiger charge is -2.19. The fourth-order valence-corrected chi connectivity index (χ4v) is 3.97. The average Bonchev–Trinajstić information content (AvgIpc) is 3.38. The highest BCUT2D eigenvalue weighted by Crippen LogP contribution is 2.34. The summed E-state index contributed by atoms with van der Waals surface area (Å²) in [4.78, 5) is 2.47. The number of ether oxygens (including phenoxy) is 2. The van der Waals surface area contributed by atoms with E-state index in [9.17, 15) is 0 Å². The zero-order valence-electron chi connectivity index (χ0n) is 16.7. The van der Waals surface area contributed by atoms with Gasteiger partial charge in [0.15, 0.2) is 11.5 Å². The molecule has 1 unspecified atom stereocenters. The Bertz CT molecular complexity index is 933. The zero-order chi connectivity index (χ0) is 19.5. The molecule has 3 aromatic rings. The number of H-pyrrole nitrogens is 1. The minimum absolute atomic E-state index is 0.475. The zero-order valence-corrected chi connectivity index (χ0v) is 16.7. The lowest BCUT2D eigenvalue weighted by Crippen LogP contribution is -2.20. The first-order valence-corrected chi connectivity index (χ1v) is 9.72. The number of benzene rings is 2. The van der Waals surface area contributed by atoms with Crippen LogP contribution in [0.2, 0.25) is 0 Å². The number of nitrogens with zero attached hydrogens (tertiary/aromatic N) is 2. The Morgan fingerprint density at radius 3 is 2.68 bits per heavy atom. The second kappa shape index (κ2) is 8.07. The molecule has 1 aliphatic heterocycles. The molecule has 5 heteroatoms. The Kier molecular flexibility index (Phi) is 5.35. The Morgan fingerprint density at radius 2 is 1.93 bits per heavy atom. The van der Waals surface area contributed by atoms with Gasteiger partial charge in [0.2, 0.25) is 0 Å². The molecule has 0 radical (unpaired) electrons. The van der Waals surface area contributed by atoms with Gasteiger partial charge in [-0.1, -0.05) is 42.0 Å². The summed E-state index contributed by atoms with van der Waals surface area (Å²) in [6.07, 6.45) is 1.13. The number of likely N-dealkylation sites (tertiary alicyclic amines) is 1. The van der Waals surface area contributed by atoms with E-state index in [-0.39, 0.29) is 0 Å². The van der Waals surface area contributed by atoms with Crippen LogP contribution in [0.1, 0.15) is 29.2 Å². The van der Waals surface area contributed by atoms with Crippen LogP contribution in [-0.4, -0.2) is 42.4 Å². The molecule has 1 fully saturated rings. The molecule has 0 amide bonds. The number of aryl methyl sites for hydroxylation is 1. The van der Waals surface area contributed by atoms with Crippen molar-refractivity contribution in [1.29, 1.82) is 0 Å². The molecule has 1 atom stereocenters. The molecule has 0 spiro atoms. The first kappa shape index (κ1) is 18.6. The highest BCUT2D eigenvalue weighted by Gasteiger charge is 2.26. The first-order valence-electron chi connectivity index (χ1n) is 9.72. The molecule has 146 valence electrons. The molecule has 1 saturated heterocycles. The average molecular weight is 377 g/mol. The van der Waals surface area contributed by atoms with Gasteiger partial charge >= 0.3 is 0 Å². The number of hydrogen-bond donors (Lipinski definition) is 1. The molecule has 2 heterocycles. The van der Waals surface area contributed by atoms with E-state index in [2.05, 4.69) is 58.4 Å². The topological polar surface area (TPSA) is 50.4 Å². The predicted molar refractivity (Wildman–Crippen MR) is 111 cm³/mol. The van der Waals surface area contributed by atoms with Crippen LogP contribution in [0, 0.1) is 6.92 Å². The molecule has 1 N–H and O–H groups in total. The highest BCUT2D eigenvalue weighted by atomic mass is 16.5. The van der Waals surface area contributed by atoms with Crippen LogP contribution in [0.5, 0.6) is 11.5 Å². The smallest absolute Gasteiger partial charge is 0.165 e. The fourth-order valence-electron chi connectivity index (χ4n) is 3.97. The third kappa shape index (κ3) is 3.76. The Hall–Kier alpha value is -2.79. The van der Waals surface area contributed by atoms with Crippen molar-refractivity contribution in [1.82, 2.24) is 15.1 Å². The van der Waals surface area contributed by atoms with E-state index in [1.165, 1.54) is 11.3 Å². The largest absolute Gasteiger partial charge is 0.493 e. The van der Waals surface area contributed by atoms with Crippen LogP contribution < -0.4 is 9.47 Å². The van der Waals surface area contributed by atoms with E-state index >= 15 is 0 Å². The van der Waals surface area contributed by atoms with Gasteiger partial charge in [-0.05, 0) is 32.0 Å². The second-order valence-corrected chi connectivity index (χ2v) is 7.45. The highest BCUT2D eigenvalue weighted by molar-refractivity contribution is 5.59. The van der Waals surface area contributed by atoms with E-state index in [1.807, 2.05) is 12.1 Å². The minimum Gasteiger partial charge on any atom is -0.493 e. The number of rotatable bonds is 6. The monoisotopic (exact) mass is 377 g/mol. The van der Waals surface area contributed by atoms with Crippen molar-refractivity contribution in [3.8, 4) is 22.8 Å².